The first-order valence-corrected chi connectivity index (χ1v) is 6.02. The van der Waals surface area contributed by atoms with Crippen LogP contribution in [0.25, 0.3) is 0 Å². The molecule has 0 amide bonds. The van der Waals surface area contributed by atoms with E-state index in [0.29, 0.717) is 18.6 Å². The van der Waals surface area contributed by atoms with Crippen LogP contribution in [0.2, 0.25) is 0 Å². The van der Waals surface area contributed by atoms with E-state index in [-0.39, 0.29) is 6.10 Å². The largest absolute Gasteiger partial charge is 0.375 e. The second-order valence-corrected chi connectivity index (χ2v) is 5.14. The van der Waals surface area contributed by atoms with E-state index < -0.39 is 10.2 Å². The lowest BCUT2D eigenvalue weighted by atomic mass is 9.89. The average Bonchev–Trinajstić information content (AvgIpc) is 2.58. The molecule has 2 aliphatic rings. The van der Waals surface area contributed by atoms with E-state index in [9.17, 15) is 8.42 Å². The van der Waals surface area contributed by atoms with E-state index in [4.69, 9.17) is 9.88 Å². The molecular weight excluding hydrogens is 192 g/mol. The zero-order chi connectivity index (χ0) is 9.47. The Labute approximate surface area is 77.8 Å². The molecular formula is C7H14N2O3S. The third-order valence-corrected chi connectivity index (χ3v) is 3.35. The zero-order valence-corrected chi connectivity index (χ0v) is 8.09. The minimum Gasteiger partial charge on any atom is -0.375 e. The summed E-state index contributed by atoms with van der Waals surface area (Å²) in [5.41, 5.74) is 0. The number of ether oxygens (including phenoxy) is 1. The van der Waals surface area contributed by atoms with E-state index in [2.05, 4.69) is 4.72 Å². The first-order valence-electron chi connectivity index (χ1n) is 4.47. The van der Waals surface area contributed by atoms with Gasteiger partial charge in [-0.3, -0.25) is 0 Å². The highest BCUT2D eigenvalue weighted by Gasteiger charge is 2.40. The maximum absolute atomic E-state index is 10.6. The van der Waals surface area contributed by atoms with Crippen molar-refractivity contribution in [2.24, 2.45) is 11.1 Å². The molecule has 2 bridgehead atoms. The molecule has 0 aromatic heterocycles. The number of nitrogens with two attached hydrogens (primary N) is 1. The van der Waals surface area contributed by atoms with Crippen LogP contribution in [0, 0.1) is 5.92 Å². The monoisotopic (exact) mass is 206 g/mol. The van der Waals surface area contributed by atoms with Gasteiger partial charge in [-0.2, -0.15) is 8.42 Å². The summed E-state index contributed by atoms with van der Waals surface area (Å²) in [6.45, 7) is 0.417. The molecule has 0 aromatic rings. The normalized spacial score (nSPS) is 38.4. The summed E-state index contributed by atoms with van der Waals surface area (Å²) in [4.78, 5) is 0. The number of hydrogen-bond acceptors (Lipinski definition) is 3. The summed E-state index contributed by atoms with van der Waals surface area (Å²) in [7, 11) is -3.53. The molecule has 2 fully saturated rings. The maximum atomic E-state index is 10.6. The lowest BCUT2D eigenvalue weighted by Crippen LogP contribution is -2.37. The van der Waals surface area contributed by atoms with Crippen molar-refractivity contribution in [1.29, 1.82) is 0 Å². The second kappa shape index (κ2) is 3.20. The molecule has 2 heterocycles. The summed E-state index contributed by atoms with van der Waals surface area (Å²) in [5, 5.41) is 4.83. The van der Waals surface area contributed by atoms with Gasteiger partial charge in [-0.15, -0.1) is 0 Å². The third-order valence-electron chi connectivity index (χ3n) is 2.78. The van der Waals surface area contributed by atoms with Crippen molar-refractivity contribution in [2.45, 2.75) is 31.5 Å². The summed E-state index contributed by atoms with van der Waals surface area (Å²) in [5.74, 6) is 0.317. The Kier molecular flexibility index (Phi) is 2.31. The predicted octanol–water partition coefficient (Wildman–Crippen LogP) is -0.653. The minimum absolute atomic E-state index is 0.249. The van der Waals surface area contributed by atoms with Crippen molar-refractivity contribution in [2.75, 3.05) is 6.54 Å². The van der Waals surface area contributed by atoms with Gasteiger partial charge < -0.3 is 4.74 Å². The maximum Gasteiger partial charge on any atom is 0.274 e. The van der Waals surface area contributed by atoms with Crippen LogP contribution in [0.1, 0.15) is 19.3 Å². The molecule has 5 nitrogen and oxygen atoms in total. The summed E-state index contributed by atoms with van der Waals surface area (Å²) in [6.07, 6.45) is 3.75. The predicted molar refractivity (Wildman–Crippen MR) is 47.1 cm³/mol. The Morgan fingerprint density at radius 1 is 1.46 bits per heavy atom. The van der Waals surface area contributed by atoms with Crippen LogP contribution >= 0.6 is 0 Å². The molecule has 76 valence electrons. The molecule has 6 heteroatoms. The smallest absolute Gasteiger partial charge is 0.274 e. The lowest BCUT2D eigenvalue weighted by molar-refractivity contribution is 0.0932. The Morgan fingerprint density at radius 3 is 2.69 bits per heavy atom. The van der Waals surface area contributed by atoms with Crippen molar-refractivity contribution in [3.05, 3.63) is 0 Å². The molecule has 0 spiro atoms. The van der Waals surface area contributed by atoms with E-state index >= 15 is 0 Å². The molecule has 0 aliphatic carbocycles. The highest BCUT2D eigenvalue weighted by Crippen LogP contribution is 2.38. The van der Waals surface area contributed by atoms with Gasteiger partial charge in [0.15, 0.2) is 0 Å². The molecule has 13 heavy (non-hydrogen) atoms. The average molecular weight is 206 g/mol. The van der Waals surface area contributed by atoms with Gasteiger partial charge in [-0.25, -0.2) is 9.86 Å². The second-order valence-electron chi connectivity index (χ2n) is 3.76. The minimum atomic E-state index is -3.53. The molecule has 2 aliphatic heterocycles. The molecule has 0 radical (unpaired) electrons. The van der Waals surface area contributed by atoms with E-state index in [1.54, 1.807) is 0 Å². The molecule has 3 atom stereocenters. The van der Waals surface area contributed by atoms with Crippen LogP contribution in [0.5, 0.6) is 0 Å². The molecule has 0 unspecified atom stereocenters. The van der Waals surface area contributed by atoms with Gasteiger partial charge in [0.1, 0.15) is 0 Å². The zero-order valence-electron chi connectivity index (χ0n) is 7.27. The van der Waals surface area contributed by atoms with Crippen LogP contribution in [0.3, 0.4) is 0 Å². The van der Waals surface area contributed by atoms with Crippen molar-refractivity contribution < 1.29 is 13.2 Å². The van der Waals surface area contributed by atoms with Crippen LogP contribution < -0.4 is 9.86 Å². The molecule has 2 saturated heterocycles. The third kappa shape index (κ3) is 2.19. The van der Waals surface area contributed by atoms with Crippen molar-refractivity contribution >= 4 is 10.2 Å². The Balaban J connectivity index is 1.84. The van der Waals surface area contributed by atoms with Gasteiger partial charge in [-0.1, -0.05) is 0 Å². The van der Waals surface area contributed by atoms with E-state index in [1.165, 1.54) is 0 Å². The Hall–Kier alpha value is -0.170. The Morgan fingerprint density at radius 2 is 2.23 bits per heavy atom. The van der Waals surface area contributed by atoms with Crippen LogP contribution in [0.4, 0.5) is 0 Å². The Bertz CT molecular complexity index is 290. The van der Waals surface area contributed by atoms with Crippen molar-refractivity contribution in [3.8, 4) is 0 Å². The SMILES string of the molecule is NS(=O)(=O)NC[C@@H]1C[C@@H]2CC[C@H]1O2. The molecule has 0 aromatic carbocycles. The van der Waals surface area contributed by atoms with Gasteiger partial charge in [-0.05, 0) is 19.3 Å². The fraction of sp³-hybridized carbons (Fsp3) is 1.00. The number of rotatable bonds is 3. The van der Waals surface area contributed by atoms with Gasteiger partial charge >= 0.3 is 0 Å². The summed E-state index contributed by atoms with van der Waals surface area (Å²) < 4.78 is 29.1. The number of hydrogen-bond donors (Lipinski definition) is 2. The molecule has 0 saturated carbocycles. The number of fused-ring (bicyclic) bond motifs is 2. The van der Waals surface area contributed by atoms with Crippen molar-refractivity contribution in [3.63, 3.8) is 0 Å². The van der Waals surface area contributed by atoms with Gasteiger partial charge in [0.25, 0.3) is 10.2 Å². The quantitative estimate of drug-likeness (QED) is 0.643. The number of nitrogens with one attached hydrogen (secondary N) is 1. The molecule has 3 N–H and O–H groups in total. The lowest BCUT2D eigenvalue weighted by Gasteiger charge is -2.17. The fourth-order valence-corrected chi connectivity index (χ4v) is 2.63. The van der Waals surface area contributed by atoms with Crippen LogP contribution in [-0.4, -0.2) is 27.2 Å². The van der Waals surface area contributed by atoms with Gasteiger partial charge in [0.2, 0.25) is 0 Å². The molecule has 2 rings (SSSR count). The summed E-state index contributed by atoms with van der Waals surface area (Å²) >= 11 is 0. The first-order chi connectivity index (χ1) is 6.04. The van der Waals surface area contributed by atoms with E-state index in [1.807, 2.05) is 0 Å². The van der Waals surface area contributed by atoms with Crippen LogP contribution in [-0.2, 0) is 14.9 Å². The standard InChI is InChI=1S/C7H14N2O3S/c8-13(10,11)9-4-5-3-6-1-2-7(5)12-6/h5-7,9H,1-4H2,(H2,8,10,11)/t5-,6-,7+/m0/s1. The van der Waals surface area contributed by atoms with E-state index in [0.717, 1.165) is 19.3 Å². The highest BCUT2D eigenvalue weighted by atomic mass is 32.2. The highest BCUT2D eigenvalue weighted by molar-refractivity contribution is 7.87. The summed E-state index contributed by atoms with van der Waals surface area (Å²) in [6, 6.07) is 0. The van der Waals surface area contributed by atoms with Gasteiger partial charge in [0, 0.05) is 12.5 Å². The topological polar surface area (TPSA) is 81.4 Å². The fourth-order valence-electron chi connectivity index (χ4n) is 2.18. The first kappa shape index (κ1) is 9.39. The van der Waals surface area contributed by atoms with Crippen LogP contribution in [0.15, 0.2) is 0 Å². The van der Waals surface area contributed by atoms with Crippen molar-refractivity contribution in [1.82, 2.24) is 4.72 Å². The van der Waals surface area contributed by atoms with Gasteiger partial charge in [0.05, 0.1) is 12.2 Å².